The third-order valence-corrected chi connectivity index (χ3v) is 12.6. The van der Waals surface area contributed by atoms with E-state index in [0.717, 1.165) is 101 Å². The van der Waals surface area contributed by atoms with Crippen LogP contribution in [-0.2, 0) is 33.3 Å². The van der Waals surface area contributed by atoms with E-state index in [0.29, 0.717) is 70.0 Å². The number of esters is 2. The van der Waals surface area contributed by atoms with Crippen molar-refractivity contribution in [3.8, 4) is 0 Å². The van der Waals surface area contributed by atoms with Gasteiger partial charge in [0.15, 0.2) is 0 Å². The first-order valence-corrected chi connectivity index (χ1v) is 21.3. The molecular formula is C42H72N2O8. The van der Waals surface area contributed by atoms with E-state index < -0.39 is 0 Å². The maximum Gasteiger partial charge on any atom is 0.407 e. The molecule has 0 spiro atoms. The fourth-order valence-corrected chi connectivity index (χ4v) is 9.54. The summed E-state index contributed by atoms with van der Waals surface area (Å²) < 4.78 is 21.4. The molecule has 0 unspecified atom stereocenters. The zero-order valence-corrected chi connectivity index (χ0v) is 32.7. The summed E-state index contributed by atoms with van der Waals surface area (Å²) in [5, 5.41) is 6.13. The molecule has 52 heavy (non-hydrogen) atoms. The lowest BCUT2D eigenvalue weighted by molar-refractivity contribution is -0.146. The first-order chi connectivity index (χ1) is 25.2. The highest BCUT2D eigenvalue weighted by Crippen LogP contribution is 2.40. The third-order valence-electron chi connectivity index (χ3n) is 12.6. The van der Waals surface area contributed by atoms with E-state index in [1.165, 1.54) is 51.4 Å². The highest BCUT2D eigenvalue weighted by Gasteiger charge is 2.30. The largest absolute Gasteiger partial charge is 0.466 e. The lowest BCUT2D eigenvalue weighted by atomic mass is 9.72. The quantitative estimate of drug-likeness (QED) is 0.0725. The van der Waals surface area contributed by atoms with E-state index in [2.05, 4.69) is 10.6 Å². The van der Waals surface area contributed by atoms with Gasteiger partial charge in [-0.2, -0.15) is 0 Å². The highest BCUT2D eigenvalue weighted by molar-refractivity contribution is 5.73. The van der Waals surface area contributed by atoms with E-state index >= 15 is 0 Å². The Kier molecular flexibility index (Phi) is 19.7. The minimum atomic E-state index is -0.331. The summed E-state index contributed by atoms with van der Waals surface area (Å²) in [4.78, 5) is 48.3. The predicted molar refractivity (Wildman–Crippen MR) is 201 cm³/mol. The zero-order chi connectivity index (χ0) is 37.0. The van der Waals surface area contributed by atoms with Crippen molar-refractivity contribution in [3.63, 3.8) is 0 Å². The van der Waals surface area contributed by atoms with Gasteiger partial charge in [0.1, 0.15) is 0 Å². The Labute approximate surface area is 314 Å². The van der Waals surface area contributed by atoms with Gasteiger partial charge in [0.25, 0.3) is 0 Å². The van der Waals surface area contributed by atoms with Gasteiger partial charge in [0.2, 0.25) is 5.91 Å². The number of hydrogen-bond donors (Lipinski definition) is 2. The minimum Gasteiger partial charge on any atom is -0.466 e. The average Bonchev–Trinajstić information content (AvgIpc) is 3.13. The van der Waals surface area contributed by atoms with Crippen molar-refractivity contribution in [1.82, 2.24) is 10.6 Å². The van der Waals surface area contributed by atoms with Gasteiger partial charge in [-0.15, -0.1) is 0 Å². The van der Waals surface area contributed by atoms with Crippen molar-refractivity contribution in [3.05, 3.63) is 0 Å². The molecule has 4 aliphatic rings. The van der Waals surface area contributed by atoms with Gasteiger partial charge in [-0.25, -0.2) is 4.79 Å². The maximum absolute atomic E-state index is 12.5. The molecule has 2 N–H and O–H groups in total. The molecule has 0 aromatic rings. The molecule has 0 aromatic carbocycles. The van der Waals surface area contributed by atoms with E-state index in [1.54, 1.807) is 14.0 Å². The fourth-order valence-electron chi connectivity index (χ4n) is 9.54. The fraction of sp³-hybridized carbons (Fsp3) is 0.905. The molecule has 298 valence electrons. The van der Waals surface area contributed by atoms with Crippen molar-refractivity contribution < 1.29 is 38.1 Å². The molecule has 0 bridgehead atoms. The Balaban J connectivity index is 0.931. The summed E-state index contributed by atoms with van der Waals surface area (Å²) in [6, 6.07) is 0.554. The van der Waals surface area contributed by atoms with Gasteiger partial charge in [-0.1, -0.05) is 25.7 Å². The number of hydrogen-bond acceptors (Lipinski definition) is 8. The van der Waals surface area contributed by atoms with Crippen LogP contribution in [0, 0.1) is 35.5 Å². The number of amides is 2. The van der Waals surface area contributed by atoms with Gasteiger partial charge < -0.3 is 29.6 Å². The van der Waals surface area contributed by atoms with E-state index in [1.807, 2.05) is 0 Å². The molecule has 4 fully saturated rings. The number of alkyl carbamates (subject to hydrolysis) is 1. The Morgan fingerprint density at radius 1 is 0.462 bits per heavy atom. The summed E-state index contributed by atoms with van der Waals surface area (Å²) in [5.74, 6) is 3.89. The molecule has 4 aliphatic carbocycles. The Hall–Kier alpha value is -2.36. The second-order valence-corrected chi connectivity index (χ2v) is 16.9. The first-order valence-electron chi connectivity index (χ1n) is 21.3. The molecule has 4 rings (SSSR count). The molecule has 0 aliphatic heterocycles. The van der Waals surface area contributed by atoms with Crippen molar-refractivity contribution in [2.24, 2.45) is 35.5 Å². The zero-order valence-electron chi connectivity index (χ0n) is 32.7. The smallest absolute Gasteiger partial charge is 0.407 e. The number of methoxy groups -OCH3 is 1. The van der Waals surface area contributed by atoms with Crippen LogP contribution in [0.2, 0.25) is 0 Å². The van der Waals surface area contributed by atoms with Gasteiger partial charge in [-0.3, -0.25) is 14.4 Å². The van der Waals surface area contributed by atoms with Crippen LogP contribution in [0.5, 0.6) is 0 Å². The molecule has 0 radical (unpaired) electrons. The molecule has 10 nitrogen and oxygen atoms in total. The number of rotatable bonds is 20. The predicted octanol–water partition coefficient (Wildman–Crippen LogP) is 8.43. The normalized spacial score (nSPS) is 29.4. The van der Waals surface area contributed by atoms with Crippen molar-refractivity contribution in [2.75, 3.05) is 33.5 Å². The Bertz CT molecular complexity index is 1040. The van der Waals surface area contributed by atoms with Crippen molar-refractivity contribution >= 4 is 23.9 Å². The molecule has 0 atom stereocenters. The lowest BCUT2D eigenvalue weighted by Crippen LogP contribution is -2.39. The minimum absolute atomic E-state index is 0.0402. The van der Waals surface area contributed by atoms with Crippen LogP contribution in [0.4, 0.5) is 4.79 Å². The molecule has 0 aromatic heterocycles. The molecule has 0 heterocycles. The summed E-state index contributed by atoms with van der Waals surface area (Å²) in [6.07, 6.45) is 24.8. The van der Waals surface area contributed by atoms with Crippen LogP contribution in [-0.4, -0.2) is 69.6 Å². The molecule has 2 amide bonds. The van der Waals surface area contributed by atoms with Crippen LogP contribution in [0.1, 0.15) is 161 Å². The van der Waals surface area contributed by atoms with E-state index in [4.69, 9.17) is 18.9 Å². The highest BCUT2D eigenvalue weighted by atomic mass is 16.6. The monoisotopic (exact) mass is 733 g/mol. The Morgan fingerprint density at radius 3 is 1.21 bits per heavy atom. The van der Waals surface area contributed by atoms with Gasteiger partial charge >= 0.3 is 18.0 Å². The average molecular weight is 733 g/mol. The van der Waals surface area contributed by atoms with Gasteiger partial charge in [-0.05, 0) is 151 Å². The van der Waals surface area contributed by atoms with Crippen LogP contribution in [0.25, 0.3) is 0 Å². The summed E-state index contributed by atoms with van der Waals surface area (Å²) >= 11 is 0. The number of unbranched alkanes of at least 4 members (excludes halogenated alkanes) is 2. The van der Waals surface area contributed by atoms with Crippen LogP contribution >= 0.6 is 0 Å². The maximum atomic E-state index is 12.5. The lowest BCUT2D eigenvalue weighted by Gasteiger charge is -2.34. The number of carbonyl (C=O) groups excluding carboxylic acids is 4. The topological polar surface area (TPSA) is 129 Å². The SMILES string of the molecule is COCCCCOC(=O)CC1CCC(CC2CCC(CC(=O)OCCCCOC(=O)NC3CCC(CC4CCC(NC(C)=O)CC4)CC3)CC2)CC1. The Morgan fingerprint density at radius 2 is 0.808 bits per heavy atom. The summed E-state index contributed by atoms with van der Waals surface area (Å²) in [6.45, 7) is 3.54. The number of ether oxygens (including phenoxy) is 4. The van der Waals surface area contributed by atoms with Gasteiger partial charge in [0.05, 0.1) is 19.8 Å². The molecule has 10 heteroatoms. The molecular weight excluding hydrogens is 660 g/mol. The van der Waals surface area contributed by atoms with E-state index in [9.17, 15) is 19.2 Å². The standard InChI is InChI=1S/C42H72N2O8/c1-31(45)43-38-19-15-34(16-20-38)28-35-17-21-39(22-18-35)44-42(48)52-26-6-5-25-51-41(47)30-37-13-9-33(10-14-37)27-32-7-11-36(12-8-32)29-40(46)50-24-4-3-23-49-2/h32-39H,3-30H2,1-2H3,(H,43,45)(H,44,48). The number of nitrogens with one attached hydrogen (secondary N) is 2. The second-order valence-electron chi connectivity index (χ2n) is 16.9. The van der Waals surface area contributed by atoms with Crippen molar-refractivity contribution in [1.29, 1.82) is 0 Å². The number of carbonyl (C=O) groups is 4. The third kappa shape index (κ3) is 17.2. The van der Waals surface area contributed by atoms with Crippen LogP contribution in [0.3, 0.4) is 0 Å². The molecule has 0 saturated heterocycles. The summed E-state index contributed by atoms with van der Waals surface area (Å²) in [7, 11) is 1.69. The summed E-state index contributed by atoms with van der Waals surface area (Å²) in [5.41, 5.74) is 0. The second kappa shape index (κ2) is 24.1. The van der Waals surface area contributed by atoms with Crippen LogP contribution < -0.4 is 10.6 Å². The first kappa shape index (κ1) is 42.4. The van der Waals surface area contributed by atoms with Gasteiger partial charge in [0, 0.05) is 45.6 Å². The molecule has 4 saturated carbocycles. The van der Waals surface area contributed by atoms with Crippen LogP contribution in [0.15, 0.2) is 0 Å². The van der Waals surface area contributed by atoms with E-state index in [-0.39, 0.29) is 30.0 Å². The van der Waals surface area contributed by atoms with Crippen molar-refractivity contribution in [2.45, 2.75) is 173 Å².